The smallest absolute Gasteiger partial charge is 0.240 e. The largest absolute Gasteiger partial charge is 0.348 e. The molecule has 0 aliphatic heterocycles. The summed E-state index contributed by atoms with van der Waals surface area (Å²) in [6.07, 6.45) is 3.02. The molecule has 1 atom stereocenters. The van der Waals surface area contributed by atoms with Gasteiger partial charge < -0.3 is 15.2 Å². The molecule has 0 aliphatic carbocycles. The number of rotatable bonds is 5. The molecule has 3 aromatic heterocycles. The molecule has 0 spiro atoms. The number of hydrogen-bond donors (Lipinski definition) is 2. The molecule has 0 aliphatic rings. The van der Waals surface area contributed by atoms with Crippen LogP contribution in [0.15, 0.2) is 18.7 Å². The zero-order valence-electron chi connectivity index (χ0n) is 14.1. The number of nitrogens with zero attached hydrogens (tertiary/aromatic N) is 4. The zero-order chi connectivity index (χ0) is 17.3. The second-order valence-electron chi connectivity index (χ2n) is 5.81. The lowest BCUT2D eigenvalue weighted by atomic mass is 10.1. The molecule has 0 saturated carbocycles. The van der Waals surface area contributed by atoms with Gasteiger partial charge in [-0.2, -0.15) is 0 Å². The molecule has 3 heterocycles. The first kappa shape index (κ1) is 16.4. The molecule has 0 saturated heterocycles. The third-order valence-corrected chi connectivity index (χ3v) is 4.85. The molecule has 126 valence electrons. The summed E-state index contributed by atoms with van der Waals surface area (Å²) in [5.74, 6) is 0.599. The van der Waals surface area contributed by atoms with E-state index in [0.717, 1.165) is 5.52 Å². The Morgan fingerprint density at radius 3 is 2.88 bits per heavy atom. The Balaban J connectivity index is 1.68. The van der Waals surface area contributed by atoms with Gasteiger partial charge in [0, 0.05) is 16.8 Å². The van der Waals surface area contributed by atoms with E-state index in [1.54, 1.807) is 22.6 Å². The molecule has 0 aromatic carbocycles. The Morgan fingerprint density at radius 1 is 1.38 bits per heavy atom. The minimum atomic E-state index is -0.0560. The molecule has 0 fully saturated rings. The van der Waals surface area contributed by atoms with E-state index >= 15 is 0 Å². The van der Waals surface area contributed by atoms with Crippen LogP contribution in [0.3, 0.4) is 0 Å². The molecule has 7 nitrogen and oxygen atoms in total. The van der Waals surface area contributed by atoms with E-state index in [2.05, 4.69) is 45.2 Å². The fourth-order valence-corrected chi connectivity index (χ4v) is 3.80. The lowest BCUT2D eigenvalue weighted by Crippen LogP contribution is -2.37. The molecule has 8 heteroatoms. The van der Waals surface area contributed by atoms with Crippen LogP contribution in [0.25, 0.3) is 11.2 Å². The first-order valence-electron chi connectivity index (χ1n) is 7.67. The second kappa shape index (κ2) is 6.56. The maximum Gasteiger partial charge on any atom is 0.240 e. The van der Waals surface area contributed by atoms with Gasteiger partial charge in [-0.25, -0.2) is 15.0 Å². The van der Waals surface area contributed by atoms with Crippen LogP contribution in [0.4, 0.5) is 5.82 Å². The van der Waals surface area contributed by atoms with Gasteiger partial charge in [0.2, 0.25) is 5.91 Å². The average Bonchev–Trinajstić information content (AvgIpc) is 3.12. The normalized spacial score (nSPS) is 12.3. The first-order chi connectivity index (χ1) is 11.5. The molecule has 0 bridgehead atoms. The fraction of sp³-hybridized carbons (Fsp3) is 0.375. The Morgan fingerprint density at radius 2 is 2.17 bits per heavy atom. The summed E-state index contributed by atoms with van der Waals surface area (Å²) < 4.78 is 0. The van der Waals surface area contributed by atoms with Crippen LogP contribution < -0.4 is 10.2 Å². The van der Waals surface area contributed by atoms with Crippen molar-refractivity contribution in [1.82, 2.24) is 25.3 Å². The highest BCUT2D eigenvalue weighted by atomic mass is 32.1. The highest BCUT2D eigenvalue weighted by Crippen LogP contribution is 2.26. The molecule has 1 amide bonds. The first-order valence-corrected chi connectivity index (χ1v) is 8.49. The van der Waals surface area contributed by atoms with Gasteiger partial charge in [-0.05, 0) is 32.4 Å². The molecular weight excluding hydrogens is 324 g/mol. The van der Waals surface area contributed by atoms with Crippen LogP contribution in [0.1, 0.15) is 28.3 Å². The Kier molecular flexibility index (Phi) is 4.48. The Labute approximate surface area is 144 Å². The summed E-state index contributed by atoms with van der Waals surface area (Å²) in [6.45, 7) is 6.37. The predicted molar refractivity (Wildman–Crippen MR) is 95.3 cm³/mol. The number of carbonyl (C=O) groups excluding carboxylic acids is 1. The third-order valence-electron chi connectivity index (χ3n) is 3.87. The quantitative estimate of drug-likeness (QED) is 0.742. The van der Waals surface area contributed by atoms with E-state index in [-0.39, 0.29) is 18.5 Å². The maximum absolute atomic E-state index is 12.4. The number of likely N-dealkylation sites (N-methyl/N-ethyl adjacent to an activating group) is 1. The average molecular weight is 344 g/mol. The number of thiophene rings is 1. The molecule has 2 N–H and O–H groups in total. The summed E-state index contributed by atoms with van der Waals surface area (Å²) in [5.41, 5.74) is 2.49. The number of aromatic amines is 1. The van der Waals surface area contributed by atoms with Crippen LogP contribution >= 0.6 is 11.3 Å². The summed E-state index contributed by atoms with van der Waals surface area (Å²) in [4.78, 5) is 32.1. The predicted octanol–water partition coefficient (Wildman–Crippen LogP) is 2.34. The number of aromatic nitrogens is 4. The minimum Gasteiger partial charge on any atom is -0.348 e. The fourth-order valence-electron chi connectivity index (χ4n) is 2.78. The Bertz CT molecular complexity index is 870. The Hall–Kier alpha value is -2.48. The molecule has 1 unspecified atom stereocenters. The molecule has 3 rings (SSSR count). The van der Waals surface area contributed by atoms with Crippen LogP contribution in [-0.4, -0.2) is 39.4 Å². The third kappa shape index (κ3) is 3.23. The van der Waals surface area contributed by atoms with Crippen molar-refractivity contribution in [3.8, 4) is 0 Å². The van der Waals surface area contributed by atoms with Gasteiger partial charge >= 0.3 is 0 Å². The van der Waals surface area contributed by atoms with Crippen molar-refractivity contribution in [2.24, 2.45) is 0 Å². The van der Waals surface area contributed by atoms with E-state index in [0.29, 0.717) is 11.5 Å². The number of aryl methyl sites for hydroxylation is 2. The van der Waals surface area contributed by atoms with Gasteiger partial charge in [0.1, 0.15) is 11.8 Å². The molecule has 3 aromatic rings. The van der Waals surface area contributed by atoms with Crippen molar-refractivity contribution in [3.05, 3.63) is 34.0 Å². The summed E-state index contributed by atoms with van der Waals surface area (Å²) in [6, 6.07) is 2.11. The monoisotopic (exact) mass is 344 g/mol. The zero-order valence-corrected chi connectivity index (χ0v) is 14.9. The van der Waals surface area contributed by atoms with Gasteiger partial charge in [0.25, 0.3) is 0 Å². The summed E-state index contributed by atoms with van der Waals surface area (Å²) in [7, 11) is 1.83. The number of hydrogen-bond acceptors (Lipinski definition) is 6. The number of H-pyrrole nitrogens is 1. The lowest BCUT2D eigenvalue weighted by Gasteiger charge is -2.20. The molecule has 24 heavy (non-hydrogen) atoms. The van der Waals surface area contributed by atoms with E-state index in [4.69, 9.17) is 0 Å². The van der Waals surface area contributed by atoms with Crippen LogP contribution in [-0.2, 0) is 4.79 Å². The van der Waals surface area contributed by atoms with E-state index in [9.17, 15) is 4.79 Å². The number of nitrogens with one attached hydrogen (secondary N) is 2. The number of carbonyl (C=O) groups is 1. The van der Waals surface area contributed by atoms with Gasteiger partial charge in [-0.3, -0.25) is 4.79 Å². The topological polar surface area (TPSA) is 86.8 Å². The highest BCUT2D eigenvalue weighted by molar-refractivity contribution is 7.12. The van der Waals surface area contributed by atoms with Crippen LogP contribution in [0.2, 0.25) is 0 Å². The highest BCUT2D eigenvalue weighted by Gasteiger charge is 2.17. The van der Waals surface area contributed by atoms with Gasteiger partial charge in [0.05, 0.1) is 18.9 Å². The second-order valence-corrected chi connectivity index (χ2v) is 7.27. The standard InChI is InChI=1S/C16H20N6OS/c1-9-5-12(11(3)24-9)10(2)21-13(23)6-22(4)16-14-15(18-7-17-14)19-8-20-16/h5,7-8,10H,6H2,1-4H3,(H,21,23)(H,17,18,19,20). The number of anilines is 1. The van der Waals surface area contributed by atoms with E-state index in [1.165, 1.54) is 21.6 Å². The molecule has 0 radical (unpaired) electrons. The lowest BCUT2D eigenvalue weighted by molar-refractivity contribution is -0.120. The summed E-state index contributed by atoms with van der Waals surface area (Å²) in [5, 5.41) is 3.05. The van der Waals surface area contributed by atoms with Crippen molar-refractivity contribution in [1.29, 1.82) is 0 Å². The number of amides is 1. The van der Waals surface area contributed by atoms with Gasteiger partial charge in [-0.1, -0.05) is 0 Å². The maximum atomic E-state index is 12.4. The minimum absolute atomic E-state index is 0.0200. The van der Waals surface area contributed by atoms with Crippen molar-refractivity contribution in [2.45, 2.75) is 26.8 Å². The number of fused-ring (bicyclic) bond motifs is 1. The van der Waals surface area contributed by atoms with Crippen molar-refractivity contribution >= 4 is 34.2 Å². The molecular formula is C16H20N6OS. The van der Waals surface area contributed by atoms with E-state index in [1.807, 2.05) is 14.0 Å². The van der Waals surface area contributed by atoms with Crippen molar-refractivity contribution < 1.29 is 4.79 Å². The van der Waals surface area contributed by atoms with Gasteiger partial charge in [0.15, 0.2) is 11.5 Å². The SMILES string of the molecule is Cc1cc(C(C)NC(=O)CN(C)c2ncnc3nc[nH]c23)c(C)s1. The summed E-state index contributed by atoms with van der Waals surface area (Å²) >= 11 is 1.75. The van der Waals surface area contributed by atoms with Crippen molar-refractivity contribution in [2.75, 3.05) is 18.5 Å². The van der Waals surface area contributed by atoms with Crippen molar-refractivity contribution in [3.63, 3.8) is 0 Å². The van der Waals surface area contributed by atoms with E-state index < -0.39 is 0 Å². The number of imidazole rings is 1. The van der Waals surface area contributed by atoms with Crippen LogP contribution in [0, 0.1) is 13.8 Å². The van der Waals surface area contributed by atoms with Crippen LogP contribution in [0.5, 0.6) is 0 Å². The van der Waals surface area contributed by atoms with Gasteiger partial charge in [-0.15, -0.1) is 11.3 Å².